The predicted molar refractivity (Wildman–Crippen MR) is 89.0 cm³/mol. The van der Waals surface area contributed by atoms with Crippen LogP contribution in [0.1, 0.15) is 32.6 Å². The molecule has 0 saturated carbocycles. The first kappa shape index (κ1) is 16.4. The van der Waals surface area contributed by atoms with Crippen LogP contribution in [0.2, 0.25) is 10.0 Å². The third-order valence-corrected chi connectivity index (χ3v) is 4.43. The highest BCUT2D eigenvalue weighted by Crippen LogP contribution is 2.32. The maximum atomic E-state index is 12.1. The molecule has 1 atom stereocenters. The van der Waals surface area contributed by atoms with Crippen molar-refractivity contribution in [2.45, 2.75) is 38.6 Å². The Labute approximate surface area is 135 Å². The first-order valence-corrected chi connectivity index (χ1v) is 8.01. The Hall–Kier alpha value is -0.970. The number of carbonyl (C=O) groups is 1. The summed E-state index contributed by atoms with van der Waals surface area (Å²) in [6, 6.07) is 3.70. The van der Waals surface area contributed by atoms with E-state index in [2.05, 4.69) is 17.1 Å². The molecule has 1 heterocycles. The smallest absolute Gasteiger partial charge is 0.225 e. The number of likely N-dealkylation sites (tertiary alicyclic amines) is 1. The molecule has 0 aliphatic carbocycles. The molecular formula is C15H21Cl2N3O. The number of halogens is 2. The van der Waals surface area contributed by atoms with Gasteiger partial charge in [0.1, 0.15) is 0 Å². The van der Waals surface area contributed by atoms with Crippen LogP contribution in [-0.4, -0.2) is 29.9 Å². The van der Waals surface area contributed by atoms with Gasteiger partial charge in [-0.25, -0.2) is 0 Å². The minimum atomic E-state index is -0.0799. The second-order valence-corrected chi connectivity index (χ2v) is 6.37. The van der Waals surface area contributed by atoms with Crippen LogP contribution in [0.25, 0.3) is 0 Å². The third kappa shape index (κ3) is 4.50. The Balaban J connectivity index is 1.90. The van der Waals surface area contributed by atoms with Gasteiger partial charge in [-0.15, -0.1) is 0 Å². The van der Waals surface area contributed by atoms with Crippen molar-refractivity contribution in [3.05, 3.63) is 22.2 Å². The summed E-state index contributed by atoms with van der Waals surface area (Å²) >= 11 is 11.9. The highest BCUT2D eigenvalue weighted by molar-refractivity contribution is 6.37. The lowest BCUT2D eigenvalue weighted by molar-refractivity contribution is -0.116. The van der Waals surface area contributed by atoms with E-state index < -0.39 is 0 Å². The molecule has 1 amide bonds. The Morgan fingerprint density at radius 1 is 1.43 bits per heavy atom. The molecule has 1 aromatic carbocycles. The van der Waals surface area contributed by atoms with Gasteiger partial charge in [-0.3, -0.25) is 4.79 Å². The largest absolute Gasteiger partial charge is 0.397 e. The van der Waals surface area contributed by atoms with Gasteiger partial charge >= 0.3 is 0 Å². The number of piperidine rings is 1. The van der Waals surface area contributed by atoms with Gasteiger partial charge in [0, 0.05) is 24.0 Å². The van der Waals surface area contributed by atoms with Gasteiger partial charge in [-0.05, 0) is 38.4 Å². The molecule has 0 spiro atoms. The third-order valence-electron chi connectivity index (χ3n) is 3.92. The molecule has 0 bridgehead atoms. The second kappa shape index (κ2) is 7.34. The maximum Gasteiger partial charge on any atom is 0.225 e. The molecule has 6 heteroatoms. The highest BCUT2D eigenvalue weighted by atomic mass is 35.5. The van der Waals surface area contributed by atoms with Crippen molar-refractivity contribution in [2.24, 2.45) is 0 Å². The summed E-state index contributed by atoms with van der Waals surface area (Å²) in [4.78, 5) is 14.4. The zero-order valence-electron chi connectivity index (χ0n) is 12.2. The molecule has 1 fully saturated rings. The monoisotopic (exact) mass is 329 g/mol. The zero-order chi connectivity index (χ0) is 15.4. The Morgan fingerprint density at radius 2 is 2.19 bits per heavy atom. The first-order valence-electron chi connectivity index (χ1n) is 7.26. The van der Waals surface area contributed by atoms with E-state index >= 15 is 0 Å². The summed E-state index contributed by atoms with van der Waals surface area (Å²) in [6.45, 7) is 4.04. The summed E-state index contributed by atoms with van der Waals surface area (Å²) < 4.78 is 0. The van der Waals surface area contributed by atoms with E-state index in [9.17, 15) is 4.79 Å². The van der Waals surface area contributed by atoms with Crippen LogP contribution in [0.3, 0.4) is 0 Å². The van der Waals surface area contributed by atoms with Crippen molar-refractivity contribution in [1.82, 2.24) is 4.90 Å². The summed E-state index contributed by atoms with van der Waals surface area (Å²) in [5, 5.41) is 3.60. The molecule has 21 heavy (non-hydrogen) atoms. The number of rotatable bonds is 4. The van der Waals surface area contributed by atoms with Crippen molar-refractivity contribution >= 4 is 40.5 Å². The van der Waals surface area contributed by atoms with Gasteiger partial charge in [0.25, 0.3) is 0 Å². The van der Waals surface area contributed by atoms with Crippen molar-refractivity contribution in [2.75, 3.05) is 24.1 Å². The molecule has 2 rings (SSSR count). The van der Waals surface area contributed by atoms with E-state index in [4.69, 9.17) is 28.9 Å². The number of nitrogens with two attached hydrogens (primary N) is 1. The van der Waals surface area contributed by atoms with Gasteiger partial charge < -0.3 is 16.0 Å². The number of amides is 1. The number of anilines is 2. The Morgan fingerprint density at radius 3 is 2.86 bits per heavy atom. The van der Waals surface area contributed by atoms with Crippen molar-refractivity contribution in [1.29, 1.82) is 0 Å². The number of nitrogen functional groups attached to an aromatic ring is 1. The molecule has 0 radical (unpaired) electrons. The molecule has 0 aromatic heterocycles. The molecule has 116 valence electrons. The number of hydrogen-bond donors (Lipinski definition) is 2. The van der Waals surface area contributed by atoms with Crippen molar-refractivity contribution < 1.29 is 4.79 Å². The second-order valence-electron chi connectivity index (χ2n) is 5.53. The lowest BCUT2D eigenvalue weighted by Crippen LogP contribution is -2.39. The molecule has 4 nitrogen and oxygen atoms in total. The minimum absolute atomic E-state index is 0.0799. The lowest BCUT2D eigenvalue weighted by Gasteiger charge is -2.33. The summed E-state index contributed by atoms with van der Waals surface area (Å²) in [5.41, 5.74) is 6.66. The molecular weight excluding hydrogens is 309 g/mol. The average Bonchev–Trinajstić information content (AvgIpc) is 2.42. The van der Waals surface area contributed by atoms with Crippen LogP contribution in [0.15, 0.2) is 12.1 Å². The highest BCUT2D eigenvalue weighted by Gasteiger charge is 2.19. The number of benzene rings is 1. The number of hydrogen-bond acceptors (Lipinski definition) is 3. The Kier molecular flexibility index (Phi) is 5.73. The van der Waals surface area contributed by atoms with Crippen LogP contribution in [0, 0.1) is 0 Å². The van der Waals surface area contributed by atoms with Gasteiger partial charge in [0.05, 0.1) is 16.4 Å². The van der Waals surface area contributed by atoms with E-state index in [0.717, 1.165) is 13.1 Å². The van der Waals surface area contributed by atoms with Crippen LogP contribution >= 0.6 is 23.2 Å². The first-order chi connectivity index (χ1) is 9.97. The van der Waals surface area contributed by atoms with E-state index in [1.807, 2.05) is 0 Å². The van der Waals surface area contributed by atoms with Gasteiger partial charge in [-0.1, -0.05) is 29.6 Å². The van der Waals surface area contributed by atoms with Gasteiger partial charge in [-0.2, -0.15) is 0 Å². The van der Waals surface area contributed by atoms with Crippen molar-refractivity contribution in [3.63, 3.8) is 0 Å². The van der Waals surface area contributed by atoms with Crippen LogP contribution < -0.4 is 11.1 Å². The SMILES string of the molecule is CC1CCCCN1CCC(=O)Nc1c(N)cc(Cl)cc1Cl. The molecule has 1 saturated heterocycles. The molecule has 1 aromatic rings. The van der Waals surface area contributed by atoms with E-state index in [-0.39, 0.29) is 5.91 Å². The van der Waals surface area contributed by atoms with E-state index in [0.29, 0.717) is 33.9 Å². The normalized spacial score (nSPS) is 19.5. The lowest BCUT2D eigenvalue weighted by atomic mass is 10.0. The quantitative estimate of drug-likeness (QED) is 0.826. The van der Waals surface area contributed by atoms with Gasteiger partial charge in [0.2, 0.25) is 5.91 Å². The molecule has 1 aliphatic rings. The van der Waals surface area contributed by atoms with Crippen LogP contribution in [0.4, 0.5) is 11.4 Å². The minimum Gasteiger partial charge on any atom is -0.397 e. The van der Waals surface area contributed by atoms with Crippen LogP contribution in [0.5, 0.6) is 0 Å². The van der Waals surface area contributed by atoms with Gasteiger partial charge in [0.15, 0.2) is 0 Å². The molecule has 3 N–H and O–H groups in total. The number of carbonyl (C=O) groups excluding carboxylic acids is 1. The summed E-state index contributed by atoms with van der Waals surface area (Å²) in [7, 11) is 0. The van der Waals surface area contributed by atoms with E-state index in [1.54, 1.807) is 12.1 Å². The zero-order valence-corrected chi connectivity index (χ0v) is 13.7. The number of nitrogens with zero attached hydrogens (tertiary/aromatic N) is 1. The fourth-order valence-corrected chi connectivity index (χ4v) is 3.22. The van der Waals surface area contributed by atoms with Crippen LogP contribution in [-0.2, 0) is 4.79 Å². The maximum absolute atomic E-state index is 12.1. The number of nitrogens with one attached hydrogen (secondary N) is 1. The predicted octanol–water partition coefficient (Wildman–Crippen LogP) is 3.78. The molecule has 1 aliphatic heterocycles. The van der Waals surface area contributed by atoms with E-state index in [1.165, 1.54) is 19.3 Å². The fraction of sp³-hybridized carbons (Fsp3) is 0.533. The Bertz CT molecular complexity index is 499. The molecule has 1 unspecified atom stereocenters. The standard InChI is InChI=1S/C15H21Cl2N3O/c1-10-4-2-3-6-20(10)7-5-14(21)19-15-12(17)8-11(16)9-13(15)18/h8-10H,2-7,18H2,1H3,(H,19,21). The summed E-state index contributed by atoms with van der Waals surface area (Å²) in [6.07, 6.45) is 4.13. The fourth-order valence-electron chi connectivity index (χ4n) is 2.66. The summed E-state index contributed by atoms with van der Waals surface area (Å²) in [5.74, 6) is -0.0799. The average molecular weight is 330 g/mol. The topological polar surface area (TPSA) is 58.4 Å². The van der Waals surface area contributed by atoms with Crippen molar-refractivity contribution in [3.8, 4) is 0 Å².